The first-order valence-electron chi connectivity index (χ1n) is 12.6. The second kappa shape index (κ2) is 14.2. The number of para-hydroxylation sites is 2. The number of hydrogen-bond donors (Lipinski definition) is 0. The molecule has 0 spiro atoms. The van der Waals surface area contributed by atoms with Gasteiger partial charge in [0.2, 0.25) is 0 Å². The maximum absolute atomic E-state index is 2.54. The molecule has 0 radical (unpaired) electrons. The first-order chi connectivity index (χ1) is 15.5. The van der Waals surface area contributed by atoms with Crippen LogP contribution in [0.1, 0.15) is 41.5 Å². The molecule has 4 nitrogen and oxygen atoms in total. The molecular weight excluding hydrogens is 392 g/mol. The highest BCUT2D eigenvalue weighted by Crippen LogP contribution is 2.17. The van der Waals surface area contributed by atoms with E-state index in [2.05, 4.69) is 108 Å². The summed E-state index contributed by atoms with van der Waals surface area (Å²) in [4.78, 5) is 10.0. The third-order valence-corrected chi connectivity index (χ3v) is 6.33. The van der Waals surface area contributed by atoms with Gasteiger partial charge in [-0.25, -0.2) is 0 Å². The Bertz CT molecular complexity index is 637. The van der Waals surface area contributed by atoms with Crippen molar-refractivity contribution in [2.75, 3.05) is 62.2 Å². The van der Waals surface area contributed by atoms with E-state index in [9.17, 15) is 0 Å². The Hall–Kier alpha value is -2.04. The highest BCUT2D eigenvalue weighted by Gasteiger charge is 2.19. The summed E-state index contributed by atoms with van der Waals surface area (Å²) in [5.41, 5.74) is 2.72. The largest absolute Gasteiger partial charge is 0.369 e. The van der Waals surface area contributed by atoms with E-state index in [-0.39, 0.29) is 0 Å². The average molecular weight is 439 g/mol. The maximum atomic E-state index is 2.54. The zero-order chi connectivity index (χ0) is 23.3. The van der Waals surface area contributed by atoms with Gasteiger partial charge < -0.3 is 9.80 Å². The standard InChI is InChI=1S/2C13H20N2.C2H6/c2*1-12(2)14-8-10-15(11-9-14)13-6-4-3-5-7-13;1-2/h2*3-7,12H,8-11H2,1-2H3;1-2H3. The van der Waals surface area contributed by atoms with E-state index in [1.54, 1.807) is 0 Å². The monoisotopic (exact) mass is 438 g/mol. The molecule has 4 rings (SSSR count). The summed E-state index contributed by atoms with van der Waals surface area (Å²) >= 11 is 0. The summed E-state index contributed by atoms with van der Waals surface area (Å²) in [6.45, 7) is 22.5. The minimum Gasteiger partial charge on any atom is -0.369 e. The lowest BCUT2D eigenvalue weighted by Gasteiger charge is -2.38. The fourth-order valence-electron chi connectivity index (χ4n) is 4.27. The predicted molar refractivity (Wildman–Crippen MR) is 142 cm³/mol. The Labute approximate surface area is 197 Å². The van der Waals surface area contributed by atoms with Crippen LogP contribution < -0.4 is 9.80 Å². The van der Waals surface area contributed by atoms with Crippen molar-refractivity contribution in [3.05, 3.63) is 60.7 Å². The van der Waals surface area contributed by atoms with E-state index in [0.29, 0.717) is 12.1 Å². The second-order valence-corrected chi connectivity index (χ2v) is 8.90. The summed E-state index contributed by atoms with van der Waals surface area (Å²) < 4.78 is 0. The predicted octanol–water partition coefficient (Wildman–Crippen LogP) is 5.46. The van der Waals surface area contributed by atoms with E-state index in [4.69, 9.17) is 0 Å². The highest BCUT2D eigenvalue weighted by atomic mass is 15.3. The van der Waals surface area contributed by atoms with E-state index >= 15 is 0 Å². The second-order valence-electron chi connectivity index (χ2n) is 8.90. The first-order valence-corrected chi connectivity index (χ1v) is 12.6. The van der Waals surface area contributed by atoms with Gasteiger partial charge in [-0.15, -0.1) is 0 Å². The number of anilines is 2. The molecule has 0 N–H and O–H groups in total. The normalized spacial score (nSPS) is 17.5. The Morgan fingerprint density at radius 1 is 0.469 bits per heavy atom. The molecular formula is C28H46N4. The molecule has 2 aliphatic heterocycles. The van der Waals surface area contributed by atoms with Crippen LogP contribution in [0.5, 0.6) is 0 Å². The third-order valence-electron chi connectivity index (χ3n) is 6.33. The van der Waals surface area contributed by atoms with Crippen LogP contribution in [0.2, 0.25) is 0 Å². The quantitative estimate of drug-likeness (QED) is 0.628. The molecule has 2 fully saturated rings. The molecule has 0 atom stereocenters. The van der Waals surface area contributed by atoms with Gasteiger partial charge in [0.1, 0.15) is 0 Å². The van der Waals surface area contributed by atoms with Crippen LogP contribution in [0.4, 0.5) is 11.4 Å². The van der Waals surface area contributed by atoms with Crippen LogP contribution >= 0.6 is 0 Å². The Balaban J connectivity index is 0.000000211. The molecule has 32 heavy (non-hydrogen) atoms. The van der Waals surface area contributed by atoms with E-state index in [0.717, 1.165) is 26.2 Å². The summed E-state index contributed by atoms with van der Waals surface area (Å²) in [5.74, 6) is 0. The lowest BCUT2D eigenvalue weighted by Crippen LogP contribution is -2.48. The van der Waals surface area contributed by atoms with Crippen molar-refractivity contribution in [2.24, 2.45) is 0 Å². The van der Waals surface area contributed by atoms with Crippen LogP contribution in [0, 0.1) is 0 Å². The lowest BCUT2D eigenvalue weighted by atomic mass is 10.2. The summed E-state index contributed by atoms with van der Waals surface area (Å²) in [6, 6.07) is 22.8. The van der Waals surface area contributed by atoms with Gasteiger partial charge in [0, 0.05) is 75.8 Å². The summed E-state index contributed by atoms with van der Waals surface area (Å²) in [7, 11) is 0. The van der Waals surface area contributed by atoms with Crippen LogP contribution in [-0.2, 0) is 0 Å². The number of benzene rings is 2. The van der Waals surface area contributed by atoms with Crippen molar-refractivity contribution in [3.8, 4) is 0 Å². The molecule has 2 heterocycles. The zero-order valence-corrected chi connectivity index (χ0v) is 21.4. The van der Waals surface area contributed by atoms with Gasteiger partial charge in [0.05, 0.1) is 0 Å². The molecule has 0 saturated carbocycles. The minimum atomic E-state index is 0.683. The van der Waals surface area contributed by atoms with Crippen molar-refractivity contribution in [1.29, 1.82) is 0 Å². The van der Waals surface area contributed by atoms with Crippen molar-refractivity contribution >= 4 is 11.4 Å². The van der Waals surface area contributed by atoms with E-state index < -0.39 is 0 Å². The van der Waals surface area contributed by atoms with Gasteiger partial charge in [-0.3, -0.25) is 9.80 Å². The Morgan fingerprint density at radius 2 is 0.750 bits per heavy atom. The van der Waals surface area contributed by atoms with Gasteiger partial charge in [0.15, 0.2) is 0 Å². The molecule has 2 aliphatic rings. The molecule has 178 valence electrons. The van der Waals surface area contributed by atoms with Crippen molar-refractivity contribution in [2.45, 2.75) is 53.6 Å². The molecule has 0 aromatic heterocycles. The topological polar surface area (TPSA) is 13.0 Å². The van der Waals surface area contributed by atoms with E-state index in [1.165, 1.54) is 37.6 Å². The first kappa shape index (κ1) is 26.2. The van der Waals surface area contributed by atoms with Crippen molar-refractivity contribution in [3.63, 3.8) is 0 Å². The summed E-state index contributed by atoms with van der Waals surface area (Å²) in [5, 5.41) is 0. The van der Waals surface area contributed by atoms with Crippen LogP contribution in [0.3, 0.4) is 0 Å². The number of hydrogen-bond acceptors (Lipinski definition) is 4. The molecule has 2 aromatic rings. The van der Waals surface area contributed by atoms with Gasteiger partial charge in [0.25, 0.3) is 0 Å². The average Bonchev–Trinajstić information content (AvgIpc) is 2.87. The molecule has 2 aromatic carbocycles. The van der Waals surface area contributed by atoms with Gasteiger partial charge in [-0.1, -0.05) is 50.2 Å². The number of nitrogens with zero attached hydrogens (tertiary/aromatic N) is 4. The SMILES string of the molecule is CC.CC(C)N1CCN(c2ccccc2)CC1.CC(C)N1CCN(c2ccccc2)CC1. The molecule has 4 heteroatoms. The minimum absolute atomic E-state index is 0.683. The zero-order valence-electron chi connectivity index (χ0n) is 21.4. The molecule has 0 bridgehead atoms. The highest BCUT2D eigenvalue weighted by molar-refractivity contribution is 5.47. The van der Waals surface area contributed by atoms with Gasteiger partial charge in [-0.05, 0) is 52.0 Å². The molecule has 0 amide bonds. The fourth-order valence-corrected chi connectivity index (χ4v) is 4.27. The smallest absolute Gasteiger partial charge is 0.0367 e. The van der Waals surface area contributed by atoms with Crippen molar-refractivity contribution in [1.82, 2.24) is 9.80 Å². The Kier molecular flexibility index (Phi) is 11.6. The number of piperazine rings is 2. The van der Waals surface area contributed by atoms with Crippen LogP contribution in [-0.4, -0.2) is 74.2 Å². The van der Waals surface area contributed by atoms with Gasteiger partial charge in [-0.2, -0.15) is 0 Å². The summed E-state index contributed by atoms with van der Waals surface area (Å²) in [6.07, 6.45) is 0. The molecule has 0 unspecified atom stereocenters. The van der Waals surface area contributed by atoms with Crippen LogP contribution in [0.25, 0.3) is 0 Å². The Morgan fingerprint density at radius 3 is 1.00 bits per heavy atom. The van der Waals surface area contributed by atoms with Crippen molar-refractivity contribution < 1.29 is 0 Å². The van der Waals surface area contributed by atoms with Gasteiger partial charge >= 0.3 is 0 Å². The van der Waals surface area contributed by atoms with E-state index in [1.807, 2.05) is 13.8 Å². The fraction of sp³-hybridized carbons (Fsp3) is 0.571. The maximum Gasteiger partial charge on any atom is 0.0367 e. The molecule has 2 saturated heterocycles. The third kappa shape index (κ3) is 8.14. The lowest BCUT2D eigenvalue weighted by molar-refractivity contribution is 0.209. The van der Waals surface area contributed by atoms with Crippen LogP contribution in [0.15, 0.2) is 60.7 Å². The number of rotatable bonds is 4. The molecule has 0 aliphatic carbocycles.